The van der Waals surface area contributed by atoms with Crippen LogP contribution in [0.1, 0.15) is 63.5 Å². The number of hydrogen-bond donors (Lipinski definition) is 3. The van der Waals surface area contributed by atoms with Gasteiger partial charge in [0.2, 0.25) is 11.8 Å². The predicted molar refractivity (Wildman–Crippen MR) is 145 cm³/mol. The zero-order valence-electron chi connectivity index (χ0n) is 23.0. The maximum atomic E-state index is 12.7. The normalized spacial score (nSPS) is 21.6. The molecule has 1 aromatic heterocycles. The van der Waals surface area contributed by atoms with Crippen molar-refractivity contribution in [2.45, 2.75) is 77.4 Å². The van der Waals surface area contributed by atoms with E-state index in [0.717, 1.165) is 43.2 Å². The summed E-state index contributed by atoms with van der Waals surface area (Å²) < 4.78 is 11.4. The van der Waals surface area contributed by atoms with Crippen LogP contribution in [0.4, 0.5) is 0 Å². The largest absolute Gasteiger partial charge is 0.480 e. The van der Waals surface area contributed by atoms with Crippen molar-refractivity contribution < 1.29 is 28.6 Å². The molecule has 2 aliphatic rings. The zero-order valence-corrected chi connectivity index (χ0v) is 23.0. The average Bonchev–Trinajstić information content (AvgIpc) is 2.89. The van der Waals surface area contributed by atoms with Gasteiger partial charge in [-0.3, -0.25) is 14.4 Å². The van der Waals surface area contributed by atoms with Crippen LogP contribution in [0.5, 0.6) is 5.75 Å². The van der Waals surface area contributed by atoms with Gasteiger partial charge in [0.25, 0.3) is 5.91 Å². The molecule has 0 spiro atoms. The molecule has 3 unspecified atom stereocenters. The molecule has 1 aliphatic carbocycles. The Morgan fingerprint density at radius 2 is 1.97 bits per heavy atom. The maximum Gasteiger partial charge on any atom is 0.336 e. The third kappa shape index (κ3) is 6.79. The summed E-state index contributed by atoms with van der Waals surface area (Å²) in [5, 5.41) is 16.6. The minimum absolute atomic E-state index is 0.0834. The van der Waals surface area contributed by atoms with Crippen molar-refractivity contribution in [2.75, 3.05) is 26.2 Å². The van der Waals surface area contributed by atoms with Crippen LogP contribution in [-0.2, 0) is 20.8 Å². The number of hydrogen-bond acceptors (Lipinski definition) is 7. The lowest BCUT2D eigenvalue weighted by atomic mass is 9.71. The molecule has 1 saturated carbocycles. The summed E-state index contributed by atoms with van der Waals surface area (Å²) in [5.74, 6) is -0.655. The lowest BCUT2D eigenvalue weighted by molar-refractivity contribution is -0.143. The summed E-state index contributed by atoms with van der Waals surface area (Å²) >= 11 is 0. The third-order valence-corrected chi connectivity index (χ3v) is 7.87. The molecule has 2 fully saturated rings. The second-order valence-electron chi connectivity index (χ2n) is 10.9. The van der Waals surface area contributed by atoms with E-state index in [4.69, 9.17) is 9.15 Å². The summed E-state index contributed by atoms with van der Waals surface area (Å²) in [6, 6.07) is 5.00. The van der Waals surface area contributed by atoms with E-state index in [1.165, 1.54) is 6.07 Å². The Kier molecular flexibility index (Phi) is 8.94. The highest BCUT2D eigenvalue weighted by Gasteiger charge is 2.43. The van der Waals surface area contributed by atoms with Gasteiger partial charge in [0, 0.05) is 25.1 Å². The number of fused-ring (bicyclic) bond motifs is 2. The number of ether oxygens (including phenoxy) is 1. The average molecular weight is 542 g/mol. The number of nitrogens with zero attached hydrogens (tertiary/aromatic N) is 1. The van der Waals surface area contributed by atoms with E-state index in [1.807, 2.05) is 13.8 Å². The minimum atomic E-state index is -0.923. The van der Waals surface area contributed by atoms with Gasteiger partial charge in [-0.25, -0.2) is 4.79 Å². The van der Waals surface area contributed by atoms with Crippen LogP contribution in [0.2, 0.25) is 0 Å². The number of piperidine rings is 1. The minimum Gasteiger partial charge on any atom is -0.480 e. The Morgan fingerprint density at radius 3 is 2.74 bits per heavy atom. The van der Waals surface area contributed by atoms with Crippen molar-refractivity contribution in [3.05, 3.63) is 39.7 Å². The fraction of sp³-hybridized carbons (Fsp3) is 0.586. The van der Waals surface area contributed by atoms with Gasteiger partial charge in [0.15, 0.2) is 6.10 Å². The van der Waals surface area contributed by atoms with E-state index in [9.17, 15) is 24.3 Å². The topological polar surface area (TPSA) is 138 Å². The van der Waals surface area contributed by atoms with Gasteiger partial charge in [0.05, 0.1) is 24.1 Å². The smallest absolute Gasteiger partial charge is 0.336 e. The summed E-state index contributed by atoms with van der Waals surface area (Å²) in [6.07, 6.45) is 4.89. The molecule has 39 heavy (non-hydrogen) atoms. The highest BCUT2D eigenvalue weighted by molar-refractivity contribution is 5.91. The molecule has 2 heterocycles. The molecule has 1 saturated heterocycles. The summed E-state index contributed by atoms with van der Waals surface area (Å²) in [7, 11) is 0. The molecule has 3 amide bonds. The second kappa shape index (κ2) is 12.2. The molecule has 3 N–H and O–H groups in total. The Labute approximate surface area is 228 Å². The molecule has 1 aliphatic heterocycles. The number of likely N-dealkylation sites (tertiary alicyclic amines) is 1. The fourth-order valence-electron chi connectivity index (χ4n) is 5.73. The molecule has 212 valence electrons. The molecular weight excluding hydrogens is 502 g/mol. The van der Waals surface area contributed by atoms with Crippen molar-refractivity contribution in [3.8, 4) is 5.75 Å². The predicted octanol–water partition coefficient (Wildman–Crippen LogP) is 2.21. The van der Waals surface area contributed by atoms with E-state index in [0.29, 0.717) is 42.6 Å². The van der Waals surface area contributed by atoms with Crippen LogP contribution in [0.15, 0.2) is 27.4 Å². The fourth-order valence-corrected chi connectivity index (χ4v) is 5.73. The van der Waals surface area contributed by atoms with E-state index >= 15 is 0 Å². The molecule has 0 bridgehead atoms. The van der Waals surface area contributed by atoms with Crippen LogP contribution in [0.3, 0.4) is 0 Å². The van der Waals surface area contributed by atoms with E-state index < -0.39 is 29.1 Å². The van der Waals surface area contributed by atoms with Crippen LogP contribution in [0.25, 0.3) is 11.0 Å². The van der Waals surface area contributed by atoms with E-state index in [1.54, 1.807) is 24.0 Å². The lowest BCUT2D eigenvalue weighted by Gasteiger charge is -2.47. The number of aryl methyl sites for hydroxylation is 2. The molecule has 0 radical (unpaired) electrons. The zero-order chi connectivity index (χ0) is 28.2. The van der Waals surface area contributed by atoms with Crippen molar-refractivity contribution in [1.29, 1.82) is 0 Å². The van der Waals surface area contributed by atoms with Gasteiger partial charge >= 0.3 is 5.63 Å². The molecule has 1 aromatic carbocycles. The Hall–Kier alpha value is -3.40. The highest BCUT2D eigenvalue weighted by atomic mass is 16.5. The number of nitrogens with one attached hydrogen (secondary N) is 2. The first-order valence-electron chi connectivity index (χ1n) is 13.9. The maximum absolute atomic E-state index is 12.7. The number of amides is 3. The SMILES string of the molecule is CCCc1cc(=O)oc2cc(C)cc(OC(C)C(=O)NCC(=O)NCC(=O)N3CCC4(O)CCCCC4C3)c12. The van der Waals surface area contributed by atoms with Crippen molar-refractivity contribution in [3.63, 3.8) is 0 Å². The first-order valence-corrected chi connectivity index (χ1v) is 13.9. The number of benzene rings is 1. The molecule has 2 aromatic rings. The Bertz CT molecular complexity index is 1290. The first kappa shape index (κ1) is 28.6. The van der Waals surface area contributed by atoms with Gasteiger partial charge in [-0.1, -0.05) is 26.2 Å². The molecular formula is C29H39N3O7. The monoisotopic (exact) mass is 541 g/mol. The van der Waals surface area contributed by atoms with Gasteiger partial charge in [-0.05, 0) is 62.8 Å². The third-order valence-electron chi connectivity index (χ3n) is 7.87. The quantitative estimate of drug-likeness (QED) is 0.414. The Balaban J connectivity index is 1.28. The van der Waals surface area contributed by atoms with E-state index in [-0.39, 0.29) is 24.9 Å². The van der Waals surface area contributed by atoms with Gasteiger partial charge in [-0.2, -0.15) is 0 Å². The van der Waals surface area contributed by atoms with Crippen LogP contribution in [-0.4, -0.2) is 65.6 Å². The van der Waals surface area contributed by atoms with Gasteiger partial charge < -0.3 is 29.8 Å². The lowest BCUT2D eigenvalue weighted by Crippen LogP contribution is -2.56. The number of carbonyl (C=O) groups is 3. The molecule has 10 heteroatoms. The number of rotatable bonds is 9. The standard InChI is InChI=1S/C29H39N3O7/c1-4-7-20-14-26(35)39-23-13-18(2)12-22(27(20)23)38-19(3)28(36)31-15-24(33)30-16-25(34)32-11-10-29(37)9-6-5-8-21(29)17-32/h12-14,19,21,37H,4-11,15-17H2,1-3H3,(H,30,33)(H,31,36). The summed E-state index contributed by atoms with van der Waals surface area (Å²) in [5.41, 5.74) is 0.898. The second-order valence-corrected chi connectivity index (χ2v) is 10.9. The number of aliphatic hydroxyl groups is 1. The van der Waals surface area contributed by atoms with Crippen LogP contribution >= 0.6 is 0 Å². The van der Waals surface area contributed by atoms with Crippen molar-refractivity contribution >= 4 is 28.7 Å². The molecule has 10 nitrogen and oxygen atoms in total. The number of carbonyl (C=O) groups excluding carboxylic acids is 3. The van der Waals surface area contributed by atoms with Crippen LogP contribution < -0.4 is 21.0 Å². The summed E-state index contributed by atoms with van der Waals surface area (Å²) in [6.45, 7) is 5.95. The van der Waals surface area contributed by atoms with Crippen LogP contribution in [0, 0.1) is 12.8 Å². The van der Waals surface area contributed by atoms with Crippen molar-refractivity contribution in [1.82, 2.24) is 15.5 Å². The van der Waals surface area contributed by atoms with Crippen molar-refractivity contribution in [2.24, 2.45) is 5.92 Å². The first-order chi connectivity index (χ1) is 18.6. The highest BCUT2D eigenvalue weighted by Crippen LogP contribution is 2.39. The van der Waals surface area contributed by atoms with Gasteiger partial charge in [0.1, 0.15) is 11.3 Å². The van der Waals surface area contributed by atoms with Gasteiger partial charge in [-0.15, -0.1) is 0 Å². The summed E-state index contributed by atoms with van der Waals surface area (Å²) in [4.78, 5) is 51.4. The van der Waals surface area contributed by atoms with E-state index in [2.05, 4.69) is 10.6 Å². The Morgan fingerprint density at radius 1 is 1.18 bits per heavy atom. The molecule has 3 atom stereocenters. The molecule has 4 rings (SSSR count).